The summed E-state index contributed by atoms with van der Waals surface area (Å²) in [5.74, 6) is -2.63. The number of pyridine rings is 1. The lowest BCUT2D eigenvalue weighted by atomic mass is 9.50. The Hall–Kier alpha value is -2.66. The van der Waals surface area contributed by atoms with Crippen molar-refractivity contribution in [2.75, 3.05) is 0 Å². The zero-order valence-electron chi connectivity index (χ0n) is 21.4. The fourth-order valence-electron chi connectivity index (χ4n) is 8.54. The van der Waals surface area contributed by atoms with Crippen molar-refractivity contribution in [3.05, 3.63) is 78.2 Å². The Kier molecular flexibility index (Phi) is 5.79. The largest absolute Gasteiger partial charge is 0.383 e. The average Bonchev–Trinajstić information content (AvgIpc) is 3.20. The summed E-state index contributed by atoms with van der Waals surface area (Å²) in [6.07, 6.45) is 9.19. The maximum atomic E-state index is 15.3. The van der Waals surface area contributed by atoms with Gasteiger partial charge in [0.15, 0.2) is 0 Å². The predicted molar refractivity (Wildman–Crippen MR) is 140 cm³/mol. The molecule has 6 rings (SSSR count). The fraction of sp³-hybridized carbons (Fsp3) is 0.500. The van der Waals surface area contributed by atoms with E-state index in [0.29, 0.717) is 37.5 Å². The molecule has 0 spiro atoms. The van der Waals surface area contributed by atoms with Gasteiger partial charge >= 0.3 is 0 Å². The molecule has 1 heterocycles. The van der Waals surface area contributed by atoms with Crippen molar-refractivity contribution < 1.29 is 18.7 Å². The van der Waals surface area contributed by atoms with E-state index in [-0.39, 0.29) is 30.1 Å². The number of fused-ring (bicyclic) bond motifs is 4. The van der Waals surface area contributed by atoms with Crippen molar-refractivity contribution in [2.45, 2.75) is 75.7 Å². The molecule has 1 aromatic carbocycles. The molecular formula is C32H35F2NO2. The molecule has 5 heteroatoms. The van der Waals surface area contributed by atoms with Crippen LogP contribution in [0.1, 0.15) is 69.8 Å². The Labute approximate surface area is 217 Å². The number of aliphatic hydroxyl groups is 1. The molecule has 1 N–H and O–H groups in total. The Morgan fingerprint density at radius 2 is 1.89 bits per heavy atom. The van der Waals surface area contributed by atoms with Gasteiger partial charge in [0, 0.05) is 36.6 Å². The van der Waals surface area contributed by atoms with Crippen LogP contribution in [0.3, 0.4) is 0 Å². The number of Topliss-reactive ketones (excluding diaryl/α,β-unsaturated/α-hetero) is 1. The van der Waals surface area contributed by atoms with Crippen molar-refractivity contribution in [1.82, 2.24) is 4.98 Å². The molecule has 37 heavy (non-hydrogen) atoms. The molecule has 3 saturated carbocycles. The molecule has 6 atom stereocenters. The number of allylic oxidation sites excluding steroid dienone is 2. The van der Waals surface area contributed by atoms with Gasteiger partial charge in [0.2, 0.25) is 0 Å². The second kappa shape index (κ2) is 8.69. The van der Waals surface area contributed by atoms with Gasteiger partial charge in [-0.15, -0.1) is 0 Å². The first-order valence-corrected chi connectivity index (χ1v) is 13.7. The summed E-state index contributed by atoms with van der Waals surface area (Å²) in [7, 11) is 0. The normalized spacial score (nSPS) is 35.5. The number of hydrogen-bond donors (Lipinski definition) is 1. The van der Waals surface area contributed by atoms with Crippen LogP contribution in [0.5, 0.6) is 0 Å². The van der Waals surface area contributed by atoms with E-state index in [1.54, 1.807) is 6.20 Å². The number of ketones is 1. The lowest BCUT2D eigenvalue weighted by molar-refractivity contribution is -0.214. The van der Waals surface area contributed by atoms with Crippen molar-refractivity contribution in [3.63, 3.8) is 0 Å². The predicted octanol–water partition coefficient (Wildman–Crippen LogP) is 7.28. The van der Waals surface area contributed by atoms with Crippen LogP contribution < -0.4 is 0 Å². The highest BCUT2D eigenvalue weighted by atomic mass is 19.3. The van der Waals surface area contributed by atoms with E-state index < -0.39 is 16.9 Å². The molecule has 0 bridgehead atoms. The van der Waals surface area contributed by atoms with E-state index in [0.717, 1.165) is 36.0 Å². The second-order valence-corrected chi connectivity index (χ2v) is 12.0. The lowest BCUT2D eigenvalue weighted by Gasteiger charge is -2.56. The highest BCUT2D eigenvalue weighted by Crippen LogP contribution is 2.69. The Bertz CT molecular complexity index is 1250. The third-order valence-electron chi connectivity index (χ3n) is 10.4. The summed E-state index contributed by atoms with van der Waals surface area (Å²) >= 11 is 0. The molecule has 0 radical (unpaired) electrons. The summed E-state index contributed by atoms with van der Waals surface area (Å²) in [6.45, 7) is 5.29. The van der Waals surface area contributed by atoms with Crippen LogP contribution in [-0.4, -0.2) is 27.4 Å². The van der Waals surface area contributed by atoms with Gasteiger partial charge in [0.25, 0.3) is 5.92 Å². The zero-order chi connectivity index (χ0) is 26.0. The number of hydrogen-bond acceptors (Lipinski definition) is 3. The van der Waals surface area contributed by atoms with Crippen molar-refractivity contribution in [3.8, 4) is 11.1 Å². The molecule has 4 aliphatic rings. The molecule has 3 fully saturated rings. The molecule has 3 nitrogen and oxygen atoms in total. The number of alkyl halides is 2. The fourth-order valence-corrected chi connectivity index (χ4v) is 8.54. The molecule has 2 aromatic rings. The molecule has 194 valence electrons. The van der Waals surface area contributed by atoms with Crippen LogP contribution in [0.2, 0.25) is 0 Å². The highest BCUT2D eigenvalue weighted by molar-refractivity contribution is 5.81. The molecule has 3 unspecified atom stereocenters. The van der Waals surface area contributed by atoms with Crippen molar-refractivity contribution >= 4 is 5.78 Å². The van der Waals surface area contributed by atoms with Crippen LogP contribution >= 0.6 is 0 Å². The summed E-state index contributed by atoms with van der Waals surface area (Å²) < 4.78 is 30.7. The van der Waals surface area contributed by atoms with Gasteiger partial charge in [-0.25, -0.2) is 0 Å². The van der Waals surface area contributed by atoms with Crippen LogP contribution in [0.15, 0.2) is 72.6 Å². The second-order valence-electron chi connectivity index (χ2n) is 12.0. The van der Waals surface area contributed by atoms with Crippen molar-refractivity contribution in [2.24, 2.45) is 23.2 Å². The van der Waals surface area contributed by atoms with Crippen molar-refractivity contribution in [1.29, 1.82) is 0 Å². The molecule has 1 aromatic heterocycles. The van der Waals surface area contributed by atoms with E-state index in [1.807, 2.05) is 25.3 Å². The smallest absolute Gasteiger partial charge is 0.294 e. The first-order chi connectivity index (χ1) is 17.7. The summed E-state index contributed by atoms with van der Waals surface area (Å²) in [5, 5.41) is 11.7. The third-order valence-corrected chi connectivity index (χ3v) is 10.4. The van der Waals surface area contributed by atoms with Gasteiger partial charge in [-0.1, -0.05) is 55.0 Å². The number of rotatable bonds is 4. The maximum absolute atomic E-state index is 15.3. The Balaban J connectivity index is 1.47. The van der Waals surface area contributed by atoms with Crippen LogP contribution in [0.25, 0.3) is 11.1 Å². The van der Waals surface area contributed by atoms with Crippen LogP contribution in [0, 0.1) is 23.2 Å². The van der Waals surface area contributed by atoms with E-state index in [1.165, 1.54) is 11.1 Å². The van der Waals surface area contributed by atoms with Crippen LogP contribution in [0.4, 0.5) is 8.78 Å². The lowest BCUT2D eigenvalue weighted by Crippen LogP contribution is -2.59. The third kappa shape index (κ3) is 3.60. The van der Waals surface area contributed by atoms with E-state index in [9.17, 15) is 9.90 Å². The van der Waals surface area contributed by atoms with Gasteiger partial charge in [0.05, 0.1) is 0 Å². The number of carbonyl (C=O) groups is 1. The number of benzene rings is 1. The number of carbonyl (C=O) groups excluding carboxylic acids is 1. The molecule has 0 aliphatic heterocycles. The standard InChI is InChI=1S/C32H35F2NO2/c1-3-32(33,34)31(37)15-14-28-26-12-10-22-17-24(36)11-13-25(22)29(26)27(18-30(28,31)2)21-8-6-20(7-9-21)23-5-4-16-35-19-23/h3-9,16,19,22,26-28,37H,1,10-15,17-18H2,2H3/t22?,26?,27-,28?,30+,31+/m1/s1. The zero-order valence-corrected chi connectivity index (χ0v) is 21.4. The number of aromatic nitrogens is 1. The molecule has 0 saturated heterocycles. The minimum Gasteiger partial charge on any atom is -0.383 e. The van der Waals surface area contributed by atoms with Crippen LogP contribution in [-0.2, 0) is 4.79 Å². The van der Waals surface area contributed by atoms with E-state index in [2.05, 4.69) is 35.8 Å². The average molecular weight is 504 g/mol. The minimum atomic E-state index is -3.36. The van der Waals surface area contributed by atoms with Gasteiger partial charge < -0.3 is 5.11 Å². The number of halogens is 2. The Morgan fingerprint density at radius 3 is 2.59 bits per heavy atom. The maximum Gasteiger partial charge on any atom is 0.294 e. The molecule has 0 amide bonds. The minimum absolute atomic E-state index is 0.00433. The van der Waals surface area contributed by atoms with Gasteiger partial charge in [-0.2, -0.15) is 8.78 Å². The SMILES string of the molecule is C=CC(F)(F)[C@]1(O)CCC2C3CCC4CC(=O)CCC4=C3[C@@H](c3ccc(-c4cccnc4)cc3)C[C@@]21C. The highest BCUT2D eigenvalue weighted by Gasteiger charge is 2.70. The Morgan fingerprint density at radius 1 is 1.11 bits per heavy atom. The van der Waals surface area contributed by atoms with E-state index in [4.69, 9.17) is 0 Å². The summed E-state index contributed by atoms with van der Waals surface area (Å²) in [4.78, 5) is 16.5. The molecular weight excluding hydrogens is 468 g/mol. The molecule has 4 aliphatic carbocycles. The van der Waals surface area contributed by atoms with Gasteiger partial charge in [0.1, 0.15) is 11.4 Å². The number of nitrogens with zero attached hydrogens (tertiary/aromatic N) is 1. The van der Waals surface area contributed by atoms with Gasteiger partial charge in [-0.05, 0) is 85.1 Å². The van der Waals surface area contributed by atoms with Gasteiger partial charge in [-0.3, -0.25) is 9.78 Å². The topological polar surface area (TPSA) is 50.2 Å². The van der Waals surface area contributed by atoms with E-state index >= 15 is 8.78 Å². The first-order valence-electron chi connectivity index (χ1n) is 13.7. The summed E-state index contributed by atoms with van der Waals surface area (Å²) in [5.41, 5.74) is 2.94. The summed E-state index contributed by atoms with van der Waals surface area (Å²) in [6, 6.07) is 12.4. The first kappa shape index (κ1) is 24.7. The monoisotopic (exact) mass is 503 g/mol. The quantitative estimate of drug-likeness (QED) is 0.446.